The summed E-state index contributed by atoms with van der Waals surface area (Å²) in [6.45, 7) is 0.258. The van der Waals surface area contributed by atoms with Crippen LogP contribution in [-0.2, 0) is 22.7 Å². The molecule has 5 saturated carbocycles. The molecule has 7 rings (SSSR count). The molecule has 4 bridgehead atoms. The van der Waals surface area contributed by atoms with Crippen LogP contribution in [0.25, 0.3) is 0 Å². The van der Waals surface area contributed by atoms with E-state index in [-0.39, 0.29) is 47.9 Å². The number of hydrogen-bond acceptors (Lipinski definition) is 5. The second-order valence-electron chi connectivity index (χ2n) is 12.1. The lowest BCUT2D eigenvalue weighted by Crippen LogP contribution is -2.56. The molecule has 9 heteroatoms. The van der Waals surface area contributed by atoms with Crippen molar-refractivity contribution < 1.29 is 24.2 Å². The zero-order valence-corrected chi connectivity index (χ0v) is 22.3. The van der Waals surface area contributed by atoms with Crippen molar-refractivity contribution in [1.82, 2.24) is 20.4 Å². The molecule has 2 atom stereocenters. The molecule has 2 amide bonds. The van der Waals surface area contributed by atoms with Gasteiger partial charge in [-0.15, -0.1) is 0 Å². The molecule has 0 spiro atoms. The van der Waals surface area contributed by atoms with Gasteiger partial charge in [-0.2, -0.15) is 5.10 Å². The fourth-order valence-electron chi connectivity index (χ4n) is 7.84. The van der Waals surface area contributed by atoms with Gasteiger partial charge in [-0.25, -0.2) is 9.48 Å². The highest BCUT2D eigenvalue weighted by Gasteiger charge is 2.48. The summed E-state index contributed by atoms with van der Waals surface area (Å²) in [6, 6.07) is 11.2. The van der Waals surface area contributed by atoms with Gasteiger partial charge in [0.1, 0.15) is 12.2 Å². The third-order valence-corrected chi connectivity index (χ3v) is 9.41. The predicted molar refractivity (Wildman–Crippen MR) is 143 cm³/mol. The molecule has 9 nitrogen and oxygen atoms in total. The lowest BCUT2D eigenvalue weighted by atomic mass is 9.54. The van der Waals surface area contributed by atoms with Crippen LogP contribution >= 0.6 is 0 Å². The highest BCUT2D eigenvalue weighted by Crippen LogP contribution is 2.53. The first kappa shape index (κ1) is 26.0. The van der Waals surface area contributed by atoms with Gasteiger partial charge in [-0.3, -0.25) is 9.59 Å². The number of benzene rings is 1. The van der Waals surface area contributed by atoms with Gasteiger partial charge in [0.2, 0.25) is 5.91 Å². The molecule has 0 aliphatic heterocycles. The number of carbonyl (C=O) groups excluding carboxylic acids is 2. The second-order valence-corrected chi connectivity index (χ2v) is 12.1. The average Bonchev–Trinajstić information content (AvgIpc) is 3.34. The van der Waals surface area contributed by atoms with Crippen LogP contribution in [0.1, 0.15) is 84.3 Å². The van der Waals surface area contributed by atoms with Crippen molar-refractivity contribution in [2.45, 2.75) is 89.1 Å². The number of aromatic nitrogens is 2. The molecule has 1 heterocycles. The van der Waals surface area contributed by atoms with Crippen molar-refractivity contribution in [3.63, 3.8) is 0 Å². The summed E-state index contributed by atoms with van der Waals surface area (Å²) in [5, 5.41) is 20.0. The number of nitrogens with one attached hydrogen (secondary N) is 2. The van der Waals surface area contributed by atoms with Crippen molar-refractivity contribution in [3.8, 4) is 0 Å². The van der Waals surface area contributed by atoms with Gasteiger partial charge >= 0.3 is 5.97 Å². The van der Waals surface area contributed by atoms with Crippen LogP contribution in [0.5, 0.6) is 0 Å². The predicted octanol–water partition coefficient (Wildman–Crippen LogP) is 3.78. The zero-order valence-electron chi connectivity index (χ0n) is 22.3. The summed E-state index contributed by atoms with van der Waals surface area (Å²) in [6.07, 6.45) is 9.59. The standard InChI is InChI=1S/C30H38N4O5/c35-27(31-23-8-4-5-9-26(23)39-17-18-6-2-1-3-7-18)16-34-25(15-24(33-34)30(37)38)29(36)32-28-21-11-19-10-20(13-21)14-22(28)12-19/h1-3,6-7,15,19-23,26,28H,4-5,8-14,16-17H2,(H,31,35)(H,32,36)(H,37,38)/t19?,20?,21?,22?,23-,26?,28?/m0/s1. The van der Waals surface area contributed by atoms with Crippen LogP contribution < -0.4 is 10.6 Å². The molecule has 5 aliphatic rings. The highest BCUT2D eigenvalue weighted by atomic mass is 16.5. The van der Waals surface area contributed by atoms with Gasteiger partial charge in [-0.1, -0.05) is 43.2 Å². The molecule has 3 N–H and O–H groups in total. The first-order valence-corrected chi connectivity index (χ1v) is 14.5. The van der Waals surface area contributed by atoms with Crippen molar-refractivity contribution in [1.29, 1.82) is 0 Å². The Morgan fingerprint density at radius 2 is 1.64 bits per heavy atom. The Kier molecular flexibility index (Phi) is 7.42. The smallest absolute Gasteiger partial charge is 0.356 e. The molecule has 5 aliphatic carbocycles. The third-order valence-electron chi connectivity index (χ3n) is 9.41. The molecule has 0 radical (unpaired) electrons. The Labute approximate surface area is 228 Å². The molecule has 208 valence electrons. The molecule has 1 aromatic heterocycles. The molecular weight excluding hydrogens is 496 g/mol. The monoisotopic (exact) mass is 534 g/mol. The molecule has 2 aromatic rings. The normalized spacial score (nSPS) is 31.1. The number of carbonyl (C=O) groups is 3. The average molecular weight is 535 g/mol. The van der Waals surface area contributed by atoms with Crippen molar-refractivity contribution in [2.75, 3.05) is 0 Å². The Morgan fingerprint density at radius 1 is 0.949 bits per heavy atom. The van der Waals surface area contributed by atoms with Gasteiger partial charge in [0.25, 0.3) is 5.91 Å². The minimum atomic E-state index is -1.22. The van der Waals surface area contributed by atoms with E-state index in [1.807, 2.05) is 30.3 Å². The van der Waals surface area contributed by atoms with Crippen LogP contribution in [0.15, 0.2) is 36.4 Å². The van der Waals surface area contributed by atoms with Gasteiger partial charge < -0.3 is 20.5 Å². The number of carboxylic acid groups (broad SMARTS) is 1. The second kappa shape index (κ2) is 11.1. The third kappa shape index (κ3) is 5.73. The van der Waals surface area contributed by atoms with E-state index in [0.717, 1.165) is 68.8 Å². The maximum atomic E-state index is 13.4. The number of ether oxygens (including phenoxy) is 1. The van der Waals surface area contributed by atoms with Crippen LogP contribution in [0.2, 0.25) is 0 Å². The Hall–Kier alpha value is -3.20. The van der Waals surface area contributed by atoms with Crippen LogP contribution in [0.3, 0.4) is 0 Å². The van der Waals surface area contributed by atoms with E-state index in [1.54, 1.807) is 0 Å². The summed E-state index contributed by atoms with van der Waals surface area (Å²) in [7, 11) is 0. The van der Waals surface area contributed by atoms with E-state index < -0.39 is 5.97 Å². The minimum absolute atomic E-state index is 0.102. The summed E-state index contributed by atoms with van der Waals surface area (Å²) in [5.41, 5.74) is 0.970. The molecule has 39 heavy (non-hydrogen) atoms. The number of carboxylic acids is 1. The molecule has 5 fully saturated rings. The van der Waals surface area contributed by atoms with Gasteiger partial charge in [0.05, 0.1) is 18.8 Å². The minimum Gasteiger partial charge on any atom is -0.476 e. The maximum absolute atomic E-state index is 13.4. The fourth-order valence-corrected chi connectivity index (χ4v) is 7.84. The largest absolute Gasteiger partial charge is 0.476 e. The maximum Gasteiger partial charge on any atom is 0.356 e. The first-order valence-electron chi connectivity index (χ1n) is 14.5. The summed E-state index contributed by atoms with van der Waals surface area (Å²) in [5.74, 6) is 0.675. The number of amides is 2. The van der Waals surface area contributed by atoms with Crippen LogP contribution in [0.4, 0.5) is 0 Å². The van der Waals surface area contributed by atoms with E-state index >= 15 is 0 Å². The molecule has 1 unspecified atom stereocenters. The van der Waals surface area contributed by atoms with Crippen LogP contribution in [0, 0.1) is 23.7 Å². The number of aromatic carboxylic acids is 1. The van der Waals surface area contributed by atoms with Gasteiger partial charge in [-0.05, 0) is 74.2 Å². The van der Waals surface area contributed by atoms with E-state index in [0.29, 0.717) is 18.4 Å². The van der Waals surface area contributed by atoms with E-state index in [4.69, 9.17) is 4.74 Å². The van der Waals surface area contributed by atoms with Gasteiger partial charge in [0.15, 0.2) is 5.69 Å². The van der Waals surface area contributed by atoms with Crippen LogP contribution in [-0.4, -0.2) is 50.9 Å². The molecule has 1 aromatic carbocycles. The first-order chi connectivity index (χ1) is 18.9. The molecule has 0 saturated heterocycles. The summed E-state index contributed by atoms with van der Waals surface area (Å²) < 4.78 is 7.43. The zero-order chi connectivity index (χ0) is 26.9. The lowest BCUT2D eigenvalue weighted by Gasteiger charge is -2.54. The Morgan fingerprint density at radius 3 is 2.33 bits per heavy atom. The summed E-state index contributed by atoms with van der Waals surface area (Å²) in [4.78, 5) is 38.2. The Balaban J connectivity index is 1.11. The highest BCUT2D eigenvalue weighted by molar-refractivity contribution is 5.96. The van der Waals surface area contributed by atoms with Crippen molar-refractivity contribution >= 4 is 17.8 Å². The van der Waals surface area contributed by atoms with E-state index in [9.17, 15) is 19.5 Å². The van der Waals surface area contributed by atoms with Gasteiger partial charge in [0, 0.05) is 12.1 Å². The number of hydrogen-bond donors (Lipinski definition) is 3. The summed E-state index contributed by atoms with van der Waals surface area (Å²) >= 11 is 0. The lowest BCUT2D eigenvalue weighted by molar-refractivity contribution is -0.124. The number of nitrogens with zero attached hydrogens (tertiary/aromatic N) is 2. The van der Waals surface area contributed by atoms with E-state index in [1.165, 1.54) is 17.2 Å². The van der Waals surface area contributed by atoms with Crippen molar-refractivity contribution in [3.05, 3.63) is 53.3 Å². The van der Waals surface area contributed by atoms with E-state index in [2.05, 4.69) is 15.7 Å². The topological polar surface area (TPSA) is 123 Å². The molecular formula is C30H38N4O5. The fraction of sp³-hybridized carbons (Fsp3) is 0.600. The SMILES string of the molecule is O=C(Cn1nc(C(=O)O)cc1C(=O)NC1C2CC3CC(C2)CC1C3)N[C@H]1CCCCC1OCc1ccccc1. The Bertz CT molecular complexity index is 1180. The number of rotatable bonds is 9. The quantitative estimate of drug-likeness (QED) is 0.450. The van der Waals surface area contributed by atoms with Crippen molar-refractivity contribution in [2.24, 2.45) is 23.7 Å².